The van der Waals surface area contributed by atoms with Crippen molar-refractivity contribution in [2.24, 2.45) is 0 Å². The minimum atomic E-state index is -0.360. The number of anilines is 2. The molecule has 4 aromatic carbocycles. The van der Waals surface area contributed by atoms with Gasteiger partial charge in [0.1, 0.15) is 23.0 Å². The number of ether oxygens (including phenoxy) is 2. The summed E-state index contributed by atoms with van der Waals surface area (Å²) >= 11 is 0. The summed E-state index contributed by atoms with van der Waals surface area (Å²) in [5.74, 6) is 1.61. The van der Waals surface area contributed by atoms with Crippen molar-refractivity contribution in [2.45, 2.75) is 58.8 Å². The van der Waals surface area contributed by atoms with Crippen molar-refractivity contribution in [1.29, 1.82) is 0 Å². The van der Waals surface area contributed by atoms with Crippen LogP contribution in [0.3, 0.4) is 0 Å². The van der Waals surface area contributed by atoms with E-state index < -0.39 is 0 Å². The number of imide groups is 2. The first-order valence-electron chi connectivity index (χ1n) is 16.3. The zero-order valence-electron chi connectivity index (χ0n) is 28.4. The van der Waals surface area contributed by atoms with Crippen LogP contribution in [0.4, 0.5) is 11.4 Å². The lowest BCUT2D eigenvalue weighted by molar-refractivity contribution is -0.121. The van der Waals surface area contributed by atoms with Gasteiger partial charge in [0.25, 0.3) is 23.6 Å². The van der Waals surface area contributed by atoms with Gasteiger partial charge in [-0.25, -0.2) is 9.80 Å². The highest BCUT2D eigenvalue weighted by atomic mass is 16.5. The zero-order chi connectivity index (χ0) is 35.0. The Morgan fingerprint density at radius 1 is 0.490 bits per heavy atom. The molecule has 8 heteroatoms. The largest absolute Gasteiger partial charge is 0.457 e. The van der Waals surface area contributed by atoms with Gasteiger partial charge in [0.2, 0.25) is 0 Å². The monoisotopic (exact) mass is 654 g/mol. The summed E-state index contributed by atoms with van der Waals surface area (Å²) in [6.07, 6.45) is 5.06. The van der Waals surface area contributed by atoms with Crippen molar-refractivity contribution in [1.82, 2.24) is 0 Å². The average molecular weight is 655 g/mol. The van der Waals surface area contributed by atoms with Crippen LogP contribution in [-0.2, 0) is 24.6 Å². The Labute approximate surface area is 286 Å². The molecular weight excluding hydrogens is 616 g/mol. The molecule has 0 unspecified atom stereocenters. The summed E-state index contributed by atoms with van der Waals surface area (Å²) in [5, 5.41) is 0. The fourth-order valence-electron chi connectivity index (χ4n) is 6.02. The number of hydrogen-bond donors (Lipinski definition) is 0. The molecule has 0 spiro atoms. The highest BCUT2D eigenvalue weighted by Gasteiger charge is 2.28. The Morgan fingerprint density at radius 3 is 1.12 bits per heavy atom. The van der Waals surface area contributed by atoms with Gasteiger partial charge in [-0.1, -0.05) is 65.8 Å². The van der Waals surface area contributed by atoms with E-state index in [4.69, 9.17) is 9.47 Å². The first-order chi connectivity index (χ1) is 23.3. The van der Waals surface area contributed by atoms with E-state index in [2.05, 4.69) is 65.8 Å². The first kappa shape index (κ1) is 33.2. The molecule has 2 aliphatic heterocycles. The van der Waals surface area contributed by atoms with Crippen LogP contribution < -0.4 is 19.3 Å². The number of carbonyl (C=O) groups excluding carboxylic acids is 4. The minimum absolute atomic E-state index is 0.183. The third kappa shape index (κ3) is 6.54. The summed E-state index contributed by atoms with van der Waals surface area (Å²) in [6.45, 7) is 12.9. The Morgan fingerprint density at radius 2 is 0.816 bits per heavy atom. The molecule has 4 amide bonds. The maximum absolute atomic E-state index is 12.1. The number of nitrogens with zero attached hydrogens (tertiary/aromatic N) is 2. The smallest absolute Gasteiger partial charge is 0.258 e. The molecule has 0 saturated heterocycles. The second-order valence-corrected chi connectivity index (χ2v) is 13.3. The molecular formula is C41H38N2O6. The lowest BCUT2D eigenvalue weighted by Crippen LogP contribution is -2.29. The number of carbonyl (C=O) groups is 4. The maximum atomic E-state index is 12.1. The molecule has 6 rings (SSSR count). The lowest BCUT2D eigenvalue weighted by atomic mass is 9.76. The van der Waals surface area contributed by atoms with E-state index in [0.717, 1.165) is 43.6 Å². The van der Waals surface area contributed by atoms with Crippen molar-refractivity contribution in [2.75, 3.05) is 9.80 Å². The van der Waals surface area contributed by atoms with Gasteiger partial charge in [-0.05, 0) is 94.8 Å². The Hall–Kier alpha value is -5.76. The summed E-state index contributed by atoms with van der Waals surface area (Å²) in [6, 6.07) is 26.4. The van der Waals surface area contributed by atoms with Crippen molar-refractivity contribution in [3.8, 4) is 23.0 Å². The number of amides is 4. The predicted molar refractivity (Wildman–Crippen MR) is 189 cm³/mol. The molecule has 49 heavy (non-hydrogen) atoms. The van der Waals surface area contributed by atoms with Crippen molar-refractivity contribution < 1.29 is 28.7 Å². The molecule has 0 fully saturated rings. The summed E-state index contributed by atoms with van der Waals surface area (Å²) in [4.78, 5) is 50.5. The van der Waals surface area contributed by atoms with Crippen molar-refractivity contribution in [3.05, 3.63) is 131 Å². The summed E-state index contributed by atoms with van der Waals surface area (Å²) in [5.41, 5.74) is 5.03. The van der Waals surface area contributed by atoms with Crippen LogP contribution in [0.1, 0.15) is 75.6 Å². The fraction of sp³-hybridized carbons (Fsp3) is 0.220. The molecule has 0 saturated carbocycles. The fourth-order valence-corrected chi connectivity index (χ4v) is 6.02. The highest BCUT2D eigenvalue weighted by molar-refractivity contribution is 6.28. The number of benzene rings is 4. The number of rotatable bonds is 10. The molecule has 2 heterocycles. The molecule has 0 N–H and O–H groups in total. The lowest BCUT2D eigenvalue weighted by Gasteiger charge is -2.29. The summed E-state index contributed by atoms with van der Waals surface area (Å²) in [7, 11) is 0. The molecule has 0 radical (unpaired) electrons. The normalized spacial score (nSPS) is 14.6. The van der Waals surface area contributed by atoms with Crippen LogP contribution >= 0.6 is 0 Å². The SMILES string of the molecule is CC(C)c1cc(C(C)(C)c2ccc(Oc3ccc(N4C(=O)C=CC4=O)cc3)c(C(C)C)c2)ccc1Oc1ccc(N2C(=O)C=CC2=O)cc1. The minimum Gasteiger partial charge on any atom is -0.457 e. The second kappa shape index (κ2) is 13.0. The molecule has 0 aliphatic carbocycles. The highest BCUT2D eigenvalue weighted by Crippen LogP contribution is 2.41. The van der Waals surface area contributed by atoms with Crippen LogP contribution in [0.5, 0.6) is 23.0 Å². The van der Waals surface area contributed by atoms with Gasteiger partial charge in [0.15, 0.2) is 0 Å². The standard InChI is InChI=1S/C41H38N2O6/c1-25(2)33-23-27(7-17-35(33)48-31-13-9-29(10-14-31)42-37(44)19-20-38(42)45)41(5,6)28-8-18-36(34(24-28)26(3)4)49-32-15-11-30(12-16-32)43-39(46)21-22-40(43)47/h7-26H,1-6H3. The Bertz CT molecular complexity index is 1840. The van der Waals surface area contributed by atoms with Crippen molar-refractivity contribution >= 4 is 35.0 Å². The second-order valence-electron chi connectivity index (χ2n) is 13.3. The molecule has 248 valence electrons. The van der Waals surface area contributed by atoms with Gasteiger partial charge >= 0.3 is 0 Å². The Balaban J connectivity index is 1.22. The van der Waals surface area contributed by atoms with Gasteiger partial charge in [-0.3, -0.25) is 19.2 Å². The van der Waals surface area contributed by atoms with Gasteiger partial charge in [0.05, 0.1) is 11.4 Å². The van der Waals surface area contributed by atoms with E-state index >= 15 is 0 Å². The summed E-state index contributed by atoms with van der Waals surface area (Å²) < 4.78 is 12.7. The molecule has 8 nitrogen and oxygen atoms in total. The van der Waals surface area contributed by atoms with E-state index in [0.29, 0.717) is 22.9 Å². The third-order valence-electron chi connectivity index (χ3n) is 8.97. The van der Waals surface area contributed by atoms with E-state index in [1.807, 2.05) is 12.1 Å². The quantitative estimate of drug-likeness (QED) is 0.159. The van der Waals surface area contributed by atoms with Gasteiger partial charge < -0.3 is 9.47 Å². The molecule has 2 aliphatic rings. The third-order valence-corrected chi connectivity index (χ3v) is 8.97. The van der Waals surface area contributed by atoms with Crippen LogP contribution in [0, 0.1) is 0 Å². The van der Waals surface area contributed by atoms with Crippen LogP contribution in [0.2, 0.25) is 0 Å². The average Bonchev–Trinajstić information content (AvgIpc) is 3.60. The van der Waals surface area contributed by atoms with E-state index in [1.54, 1.807) is 48.5 Å². The van der Waals surface area contributed by atoms with E-state index in [1.165, 1.54) is 24.3 Å². The molecule has 0 atom stereocenters. The van der Waals surface area contributed by atoms with Crippen molar-refractivity contribution in [3.63, 3.8) is 0 Å². The first-order valence-corrected chi connectivity index (χ1v) is 16.3. The Kier molecular flexibility index (Phi) is 8.82. The maximum Gasteiger partial charge on any atom is 0.258 e. The van der Waals surface area contributed by atoms with E-state index in [-0.39, 0.29) is 40.9 Å². The van der Waals surface area contributed by atoms with E-state index in [9.17, 15) is 19.2 Å². The number of hydrogen-bond acceptors (Lipinski definition) is 6. The molecule has 0 bridgehead atoms. The zero-order valence-corrected chi connectivity index (χ0v) is 28.4. The van der Waals surface area contributed by atoms with Gasteiger partial charge in [-0.15, -0.1) is 0 Å². The van der Waals surface area contributed by atoms with Gasteiger partial charge in [0, 0.05) is 29.7 Å². The van der Waals surface area contributed by atoms with Gasteiger partial charge in [-0.2, -0.15) is 0 Å². The molecule has 4 aromatic rings. The van der Waals surface area contributed by atoms with Crippen LogP contribution in [-0.4, -0.2) is 23.6 Å². The van der Waals surface area contributed by atoms with Crippen LogP contribution in [0.15, 0.2) is 109 Å². The predicted octanol–water partition coefficient (Wildman–Crippen LogP) is 8.70. The van der Waals surface area contributed by atoms with Crippen LogP contribution in [0.25, 0.3) is 0 Å². The molecule has 0 aromatic heterocycles. The topological polar surface area (TPSA) is 93.2 Å².